The third-order valence-corrected chi connectivity index (χ3v) is 4.37. The highest BCUT2D eigenvalue weighted by Crippen LogP contribution is 2.29. The van der Waals surface area contributed by atoms with Crippen LogP contribution in [0.2, 0.25) is 0 Å². The number of anilines is 1. The number of carbonyl (C=O) groups excluding carboxylic acids is 2. The number of nitrogens with zero attached hydrogens (tertiary/aromatic N) is 2. The molecule has 0 spiro atoms. The van der Waals surface area contributed by atoms with Crippen LogP contribution in [0.25, 0.3) is 0 Å². The van der Waals surface area contributed by atoms with Gasteiger partial charge in [0.25, 0.3) is 0 Å². The molecule has 0 aliphatic carbocycles. The molecule has 1 aromatic carbocycles. The maximum atomic E-state index is 13.9. The minimum atomic E-state index is -1.18. The van der Waals surface area contributed by atoms with Crippen molar-refractivity contribution in [1.82, 2.24) is 4.90 Å². The summed E-state index contributed by atoms with van der Waals surface area (Å²) in [5.41, 5.74) is -0.0986. The van der Waals surface area contributed by atoms with E-state index in [1.807, 2.05) is 0 Å². The molecule has 9 heteroatoms. The first kappa shape index (κ1) is 17.3. The summed E-state index contributed by atoms with van der Waals surface area (Å²) in [5, 5.41) is 9.21. The Labute approximate surface area is 141 Å². The number of benzene rings is 1. The summed E-state index contributed by atoms with van der Waals surface area (Å²) >= 11 is 0. The predicted octanol–water partition coefficient (Wildman–Crippen LogP) is 0.630. The van der Waals surface area contributed by atoms with E-state index in [-0.39, 0.29) is 38.4 Å². The first-order valence-electron chi connectivity index (χ1n) is 7.75. The molecule has 2 amide bonds. The monoisotopic (exact) mass is 354 g/mol. The first-order valence-corrected chi connectivity index (χ1v) is 7.75. The predicted molar refractivity (Wildman–Crippen MR) is 80.8 cm³/mol. The normalized spacial score (nSPS) is 23.8. The van der Waals surface area contributed by atoms with E-state index in [4.69, 9.17) is 4.74 Å². The van der Waals surface area contributed by atoms with Crippen molar-refractivity contribution in [1.29, 1.82) is 0 Å². The van der Waals surface area contributed by atoms with Crippen LogP contribution >= 0.6 is 0 Å². The smallest absolute Gasteiger partial charge is 0.328 e. The van der Waals surface area contributed by atoms with E-state index < -0.39 is 41.4 Å². The molecule has 1 aromatic rings. The van der Waals surface area contributed by atoms with E-state index in [0.29, 0.717) is 6.07 Å². The molecule has 2 heterocycles. The van der Waals surface area contributed by atoms with Gasteiger partial charge in [-0.3, -0.25) is 9.59 Å². The van der Waals surface area contributed by atoms with Crippen molar-refractivity contribution in [3.63, 3.8) is 0 Å². The Kier molecular flexibility index (Phi) is 4.67. The largest absolute Gasteiger partial charge is 0.480 e. The lowest BCUT2D eigenvalue weighted by Gasteiger charge is -2.34. The summed E-state index contributed by atoms with van der Waals surface area (Å²) in [6.45, 7) is 0.139. The number of aliphatic carboxylic acids is 1. The van der Waals surface area contributed by atoms with Gasteiger partial charge in [-0.15, -0.1) is 0 Å². The lowest BCUT2D eigenvalue weighted by molar-refractivity contribution is -0.160. The van der Waals surface area contributed by atoms with Gasteiger partial charge in [0.05, 0.1) is 24.8 Å². The number of ether oxygens (including phenoxy) is 1. The van der Waals surface area contributed by atoms with Gasteiger partial charge in [-0.2, -0.15) is 0 Å². The third kappa shape index (κ3) is 3.32. The topological polar surface area (TPSA) is 87.1 Å². The van der Waals surface area contributed by atoms with Crippen LogP contribution in [0.15, 0.2) is 18.2 Å². The molecule has 0 aromatic heterocycles. The third-order valence-electron chi connectivity index (χ3n) is 4.37. The summed E-state index contributed by atoms with van der Waals surface area (Å²) in [4.78, 5) is 38.4. The lowest BCUT2D eigenvalue weighted by atomic mass is 10.1. The number of carbonyl (C=O) groups is 3. The molecule has 1 N–H and O–H groups in total. The number of morpholine rings is 1. The van der Waals surface area contributed by atoms with Crippen LogP contribution in [0, 0.1) is 17.6 Å². The zero-order valence-electron chi connectivity index (χ0n) is 13.2. The van der Waals surface area contributed by atoms with Crippen LogP contribution in [-0.4, -0.2) is 60.1 Å². The fourth-order valence-electron chi connectivity index (χ4n) is 3.11. The van der Waals surface area contributed by atoms with E-state index in [0.717, 1.165) is 17.0 Å². The number of amides is 2. The van der Waals surface area contributed by atoms with Crippen molar-refractivity contribution in [2.45, 2.75) is 12.5 Å². The van der Waals surface area contributed by atoms with Gasteiger partial charge in [-0.25, -0.2) is 13.6 Å². The SMILES string of the molecule is O=C(O)[C@H]1COCCN1C(=O)[C@@H]1CC(=O)N(c2ccc(F)cc2F)C1. The number of carboxylic acids is 1. The lowest BCUT2D eigenvalue weighted by Crippen LogP contribution is -2.54. The highest BCUT2D eigenvalue weighted by Gasteiger charge is 2.42. The van der Waals surface area contributed by atoms with Crippen LogP contribution in [-0.2, 0) is 19.1 Å². The summed E-state index contributed by atoms with van der Waals surface area (Å²) < 4.78 is 32.0. The van der Waals surface area contributed by atoms with Gasteiger partial charge in [-0.05, 0) is 12.1 Å². The van der Waals surface area contributed by atoms with Gasteiger partial charge in [-0.1, -0.05) is 0 Å². The first-order chi connectivity index (χ1) is 11.9. The molecule has 2 aliphatic rings. The summed E-state index contributed by atoms with van der Waals surface area (Å²) in [5.74, 6) is -4.57. The Morgan fingerprint density at radius 1 is 1.28 bits per heavy atom. The highest BCUT2D eigenvalue weighted by molar-refractivity contribution is 6.01. The number of hydrogen-bond donors (Lipinski definition) is 1. The zero-order valence-corrected chi connectivity index (χ0v) is 13.2. The number of halogens is 2. The fourth-order valence-corrected chi connectivity index (χ4v) is 3.11. The molecular weight excluding hydrogens is 338 g/mol. The van der Waals surface area contributed by atoms with Gasteiger partial charge in [0.2, 0.25) is 11.8 Å². The molecule has 2 fully saturated rings. The van der Waals surface area contributed by atoms with Crippen molar-refractivity contribution in [2.75, 3.05) is 31.2 Å². The van der Waals surface area contributed by atoms with E-state index in [9.17, 15) is 28.3 Å². The van der Waals surface area contributed by atoms with Gasteiger partial charge >= 0.3 is 5.97 Å². The van der Waals surface area contributed by atoms with Gasteiger partial charge < -0.3 is 19.6 Å². The quantitative estimate of drug-likeness (QED) is 0.860. The minimum absolute atomic E-state index is 0.0794. The average molecular weight is 354 g/mol. The second kappa shape index (κ2) is 6.75. The van der Waals surface area contributed by atoms with E-state index in [2.05, 4.69) is 0 Å². The van der Waals surface area contributed by atoms with Crippen LogP contribution < -0.4 is 4.90 Å². The summed E-state index contributed by atoms with van der Waals surface area (Å²) in [6.07, 6.45) is -0.153. The van der Waals surface area contributed by atoms with Crippen molar-refractivity contribution in [3.05, 3.63) is 29.8 Å². The van der Waals surface area contributed by atoms with Crippen molar-refractivity contribution in [3.8, 4) is 0 Å². The Bertz CT molecular complexity index is 726. The Hall–Kier alpha value is -2.55. The zero-order chi connectivity index (χ0) is 18.1. The standard InChI is InChI=1S/C16H16F2N2O5/c17-10-1-2-12(11(18)6-10)20-7-9(5-14(20)21)15(22)19-3-4-25-8-13(19)16(23)24/h1-2,6,9,13H,3-5,7-8H2,(H,23,24)/t9-,13-/m1/s1. The van der Waals surface area contributed by atoms with Crippen LogP contribution in [0.1, 0.15) is 6.42 Å². The number of hydrogen-bond acceptors (Lipinski definition) is 4. The molecule has 0 saturated carbocycles. The van der Waals surface area contributed by atoms with E-state index in [1.165, 1.54) is 4.90 Å². The van der Waals surface area contributed by atoms with Crippen LogP contribution in [0.3, 0.4) is 0 Å². The van der Waals surface area contributed by atoms with E-state index in [1.54, 1.807) is 0 Å². The molecule has 2 atom stereocenters. The molecule has 3 rings (SSSR count). The number of carboxylic acid groups (broad SMARTS) is 1. The maximum absolute atomic E-state index is 13.9. The molecule has 25 heavy (non-hydrogen) atoms. The molecule has 0 unspecified atom stereocenters. The van der Waals surface area contributed by atoms with E-state index >= 15 is 0 Å². The van der Waals surface area contributed by atoms with Crippen molar-refractivity contribution < 1.29 is 33.0 Å². The molecular formula is C16H16F2N2O5. The van der Waals surface area contributed by atoms with Crippen LogP contribution in [0.5, 0.6) is 0 Å². The molecule has 0 bridgehead atoms. The average Bonchev–Trinajstić information content (AvgIpc) is 2.96. The maximum Gasteiger partial charge on any atom is 0.328 e. The summed E-state index contributed by atoms with van der Waals surface area (Å²) in [7, 11) is 0. The van der Waals surface area contributed by atoms with Gasteiger partial charge in [0.15, 0.2) is 6.04 Å². The fraction of sp³-hybridized carbons (Fsp3) is 0.438. The molecule has 2 saturated heterocycles. The molecule has 2 aliphatic heterocycles. The van der Waals surface area contributed by atoms with Crippen molar-refractivity contribution in [2.24, 2.45) is 5.92 Å². The summed E-state index contributed by atoms with van der Waals surface area (Å²) in [6, 6.07) is 1.74. The molecule has 0 radical (unpaired) electrons. The Morgan fingerprint density at radius 3 is 2.72 bits per heavy atom. The van der Waals surface area contributed by atoms with Gasteiger partial charge in [0.1, 0.15) is 11.6 Å². The Morgan fingerprint density at radius 2 is 2.04 bits per heavy atom. The number of rotatable bonds is 3. The highest BCUT2D eigenvalue weighted by atomic mass is 19.1. The molecule has 7 nitrogen and oxygen atoms in total. The van der Waals surface area contributed by atoms with Crippen LogP contribution in [0.4, 0.5) is 14.5 Å². The second-order valence-corrected chi connectivity index (χ2v) is 5.96. The minimum Gasteiger partial charge on any atom is -0.480 e. The van der Waals surface area contributed by atoms with Gasteiger partial charge in [0, 0.05) is 25.6 Å². The Balaban J connectivity index is 1.77. The van der Waals surface area contributed by atoms with Crippen molar-refractivity contribution >= 4 is 23.5 Å². The second-order valence-electron chi connectivity index (χ2n) is 5.96. The molecule has 134 valence electrons.